The third-order valence-electron chi connectivity index (χ3n) is 4.26. The summed E-state index contributed by atoms with van der Waals surface area (Å²) in [6.45, 7) is 5.31. The van der Waals surface area contributed by atoms with Gasteiger partial charge in [0.15, 0.2) is 5.96 Å². The first-order chi connectivity index (χ1) is 11.2. The first kappa shape index (κ1) is 17.3. The predicted octanol–water partition coefficient (Wildman–Crippen LogP) is 2.23. The number of benzene rings is 1. The molecule has 0 aromatic heterocycles. The second-order valence-electron chi connectivity index (χ2n) is 5.97. The quantitative estimate of drug-likeness (QED) is 0.669. The van der Waals surface area contributed by atoms with Crippen LogP contribution >= 0.6 is 0 Å². The lowest BCUT2D eigenvalue weighted by molar-refractivity contribution is -0.130. The Balaban J connectivity index is 1.89. The van der Waals surface area contributed by atoms with E-state index in [1.54, 1.807) is 0 Å². The van der Waals surface area contributed by atoms with Gasteiger partial charge in [-0.2, -0.15) is 0 Å². The topological polar surface area (TPSA) is 61.9 Å². The van der Waals surface area contributed by atoms with E-state index in [0.717, 1.165) is 31.5 Å². The van der Waals surface area contributed by atoms with Crippen molar-refractivity contribution in [3.8, 4) is 0 Å². The van der Waals surface area contributed by atoms with Crippen LogP contribution in [-0.4, -0.2) is 47.8 Å². The van der Waals surface area contributed by atoms with Crippen LogP contribution in [0.3, 0.4) is 0 Å². The molecule has 1 aromatic rings. The molecule has 0 unspecified atom stereocenters. The van der Waals surface area contributed by atoms with Gasteiger partial charge in [-0.15, -0.1) is 0 Å². The molecular weight excluding hydrogens is 288 g/mol. The van der Waals surface area contributed by atoms with E-state index in [4.69, 9.17) is 5.73 Å². The molecule has 0 spiro atoms. The van der Waals surface area contributed by atoms with E-state index in [2.05, 4.69) is 9.89 Å². The smallest absolute Gasteiger partial charge is 0.244 e. The van der Waals surface area contributed by atoms with Gasteiger partial charge >= 0.3 is 0 Å². The van der Waals surface area contributed by atoms with Crippen molar-refractivity contribution in [2.75, 3.05) is 26.2 Å². The zero-order valence-corrected chi connectivity index (χ0v) is 14.1. The lowest BCUT2D eigenvalue weighted by Crippen LogP contribution is -2.39. The van der Waals surface area contributed by atoms with Crippen LogP contribution in [0.15, 0.2) is 35.3 Å². The average Bonchev–Trinajstić information content (AvgIpc) is 2.87. The van der Waals surface area contributed by atoms with Crippen LogP contribution in [0, 0.1) is 0 Å². The molecule has 1 saturated heterocycles. The van der Waals surface area contributed by atoms with Crippen molar-refractivity contribution < 1.29 is 4.79 Å². The van der Waals surface area contributed by atoms with Crippen molar-refractivity contribution >= 4 is 11.9 Å². The molecule has 1 fully saturated rings. The highest BCUT2D eigenvalue weighted by atomic mass is 16.2. The first-order valence-corrected chi connectivity index (χ1v) is 8.57. The third kappa shape index (κ3) is 5.58. The molecule has 1 amide bonds. The molecule has 0 bridgehead atoms. The van der Waals surface area contributed by atoms with Gasteiger partial charge in [0.05, 0.1) is 0 Å². The highest BCUT2D eigenvalue weighted by Crippen LogP contribution is 2.09. The molecule has 2 rings (SSSR count). The molecule has 5 heteroatoms. The molecule has 0 aliphatic carbocycles. The van der Waals surface area contributed by atoms with Crippen LogP contribution in [0.4, 0.5) is 0 Å². The van der Waals surface area contributed by atoms with Crippen LogP contribution < -0.4 is 5.73 Å². The number of likely N-dealkylation sites (tertiary alicyclic amines) is 1. The fourth-order valence-corrected chi connectivity index (χ4v) is 2.83. The molecule has 0 radical (unpaired) electrons. The maximum Gasteiger partial charge on any atom is 0.244 e. The minimum atomic E-state index is 0.0223. The number of nitrogens with zero attached hydrogens (tertiary/aromatic N) is 3. The fourth-order valence-electron chi connectivity index (χ4n) is 2.83. The Morgan fingerprint density at radius 1 is 1.17 bits per heavy atom. The van der Waals surface area contributed by atoms with Crippen LogP contribution in [-0.2, 0) is 11.3 Å². The van der Waals surface area contributed by atoms with Gasteiger partial charge in [0.25, 0.3) is 0 Å². The Bertz CT molecular complexity index is 507. The lowest BCUT2D eigenvalue weighted by atomic mass is 10.2. The van der Waals surface area contributed by atoms with Gasteiger partial charge in [0, 0.05) is 26.2 Å². The van der Waals surface area contributed by atoms with E-state index in [1.165, 1.54) is 12.8 Å². The molecule has 0 saturated carbocycles. The van der Waals surface area contributed by atoms with Crippen molar-refractivity contribution in [3.05, 3.63) is 35.9 Å². The number of amides is 1. The number of rotatable bonds is 5. The third-order valence-corrected chi connectivity index (χ3v) is 4.26. The molecule has 0 atom stereocenters. The van der Waals surface area contributed by atoms with Gasteiger partial charge in [0.2, 0.25) is 5.91 Å². The zero-order valence-electron chi connectivity index (χ0n) is 14.1. The highest BCUT2D eigenvalue weighted by Gasteiger charge is 2.14. The van der Waals surface area contributed by atoms with Gasteiger partial charge in [-0.1, -0.05) is 43.2 Å². The van der Waals surface area contributed by atoms with Gasteiger partial charge < -0.3 is 15.5 Å². The fraction of sp³-hybridized carbons (Fsp3) is 0.556. The van der Waals surface area contributed by atoms with Crippen molar-refractivity contribution in [2.45, 2.75) is 39.2 Å². The summed E-state index contributed by atoms with van der Waals surface area (Å²) in [5, 5.41) is 0. The summed E-state index contributed by atoms with van der Waals surface area (Å²) in [6.07, 6.45) is 4.81. The summed E-state index contributed by atoms with van der Waals surface area (Å²) in [6, 6.07) is 10.0. The summed E-state index contributed by atoms with van der Waals surface area (Å²) in [4.78, 5) is 20.6. The van der Waals surface area contributed by atoms with Crippen molar-refractivity contribution in [1.82, 2.24) is 9.80 Å². The molecule has 1 heterocycles. The number of aliphatic imine (C=N–C) groups is 1. The molecule has 2 N–H and O–H groups in total. The molecule has 5 nitrogen and oxygen atoms in total. The lowest BCUT2D eigenvalue weighted by Gasteiger charge is -2.23. The van der Waals surface area contributed by atoms with Gasteiger partial charge in [0.1, 0.15) is 6.54 Å². The molecule has 1 aliphatic rings. The SMILES string of the molecule is CCN(Cc1ccccc1)C(=O)CN=C(N)N1CCCCCC1. The minimum Gasteiger partial charge on any atom is -0.370 e. The maximum atomic E-state index is 12.4. The summed E-state index contributed by atoms with van der Waals surface area (Å²) in [5.41, 5.74) is 7.20. The summed E-state index contributed by atoms with van der Waals surface area (Å²) >= 11 is 0. The Labute approximate surface area is 139 Å². The second kappa shape index (κ2) is 9.18. The van der Waals surface area contributed by atoms with E-state index < -0.39 is 0 Å². The van der Waals surface area contributed by atoms with Gasteiger partial charge in [-0.05, 0) is 25.3 Å². The number of hydrogen-bond acceptors (Lipinski definition) is 2. The van der Waals surface area contributed by atoms with Crippen molar-refractivity contribution in [1.29, 1.82) is 0 Å². The molecule has 126 valence electrons. The summed E-state index contributed by atoms with van der Waals surface area (Å²) in [7, 11) is 0. The normalized spacial score (nSPS) is 16.0. The number of carbonyl (C=O) groups excluding carboxylic acids is 1. The van der Waals surface area contributed by atoms with Crippen molar-refractivity contribution in [3.63, 3.8) is 0 Å². The van der Waals surface area contributed by atoms with Crippen LogP contribution in [0.1, 0.15) is 38.2 Å². The second-order valence-corrected chi connectivity index (χ2v) is 5.97. The Kier molecular flexibility index (Phi) is 6.91. The van der Waals surface area contributed by atoms with E-state index in [0.29, 0.717) is 19.0 Å². The number of guanidine groups is 1. The first-order valence-electron chi connectivity index (χ1n) is 8.57. The average molecular weight is 316 g/mol. The van der Waals surface area contributed by atoms with Gasteiger partial charge in [-0.3, -0.25) is 4.79 Å². The monoisotopic (exact) mass is 316 g/mol. The van der Waals surface area contributed by atoms with E-state index in [9.17, 15) is 4.79 Å². The largest absolute Gasteiger partial charge is 0.370 e. The Hall–Kier alpha value is -2.04. The predicted molar refractivity (Wildman–Crippen MR) is 94.1 cm³/mol. The summed E-state index contributed by atoms with van der Waals surface area (Å²) in [5.74, 6) is 0.533. The highest BCUT2D eigenvalue weighted by molar-refractivity contribution is 5.84. The summed E-state index contributed by atoms with van der Waals surface area (Å²) < 4.78 is 0. The van der Waals surface area contributed by atoms with E-state index >= 15 is 0 Å². The molecule has 1 aromatic carbocycles. The maximum absolute atomic E-state index is 12.4. The van der Waals surface area contributed by atoms with E-state index in [1.807, 2.05) is 42.2 Å². The van der Waals surface area contributed by atoms with E-state index in [-0.39, 0.29) is 12.5 Å². The number of nitrogens with two attached hydrogens (primary N) is 1. The zero-order chi connectivity index (χ0) is 16.5. The number of likely N-dealkylation sites (N-methyl/N-ethyl adjacent to an activating group) is 1. The van der Waals surface area contributed by atoms with Crippen LogP contribution in [0.25, 0.3) is 0 Å². The number of hydrogen-bond donors (Lipinski definition) is 1. The van der Waals surface area contributed by atoms with Crippen molar-refractivity contribution in [2.24, 2.45) is 10.7 Å². The standard InChI is InChI=1S/C18H28N4O/c1-2-21(15-16-10-6-5-7-11-16)17(23)14-20-18(19)22-12-8-3-4-9-13-22/h5-7,10-11H,2-4,8-9,12-15H2,1H3,(H2,19,20). The van der Waals surface area contributed by atoms with Crippen LogP contribution in [0.2, 0.25) is 0 Å². The molecular formula is C18H28N4O. The van der Waals surface area contributed by atoms with Gasteiger partial charge in [-0.25, -0.2) is 4.99 Å². The van der Waals surface area contributed by atoms with Crippen LogP contribution in [0.5, 0.6) is 0 Å². The Morgan fingerprint density at radius 3 is 2.43 bits per heavy atom. The minimum absolute atomic E-state index is 0.0223. The number of carbonyl (C=O) groups is 1. The Morgan fingerprint density at radius 2 is 1.83 bits per heavy atom. The molecule has 23 heavy (non-hydrogen) atoms. The molecule has 1 aliphatic heterocycles.